The van der Waals surface area contributed by atoms with Crippen LogP contribution in [0.5, 0.6) is 11.5 Å². The molecular weight excluding hydrogens is 218 g/mol. The van der Waals surface area contributed by atoms with Gasteiger partial charge in [-0.25, -0.2) is 0 Å². The molecule has 1 aliphatic rings. The predicted octanol–water partition coefficient (Wildman–Crippen LogP) is 1.79. The third-order valence-electron chi connectivity index (χ3n) is 3.04. The average Bonchev–Trinajstić information content (AvgIpc) is 2.76. The van der Waals surface area contributed by atoms with Crippen molar-refractivity contribution in [2.45, 2.75) is 18.9 Å². The lowest BCUT2D eigenvalue weighted by Crippen LogP contribution is -2.20. The molecule has 0 bridgehead atoms. The number of nitrogens with zero attached hydrogens (tertiary/aromatic N) is 1. The molecule has 1 aromatic carbocycles. The molecule has 4 heteroatoms. The topological polar surface area (TPSA) is 41.9 Å². The summed E-state index contributed by atoms with van der Waals surface area (Å²) in [5.74, 6) is 1.63. The Kier molecular flexibility index (Phi) is 3.86. The highest BCUT2D eigenvalue weighted by molar-refractivity contribution is 5.45. The number of hydrogen-bond donors (Lipinski definition) is 1. The molecule has 0 aromatic heterocycles. The number of benzene rings is 1. The number of fused-ring (bicyclic) bond motifs is 1. The second-order valence-corrected chi connectivity index (χ2v) is 4.46. The summed E-state index contributed by atoms with van der Waals surface area (Å²) in [6.07, 6.45) is 1.74. The SMILES string of the molecule is CN(C)C(CCCO)c1ccc2c(c1)OCO2. The van der Waals surface area contributed by atoms with Crippen LogP contribution in [0.15, 0.2) is 18.2 Å². The third-order valence-corrected chi connectivity index (χ3v) is 3.04. The summed E-state index contributed by atoms with van der Waals surface area (Å²) in [4.78, 5) is 2.16. The van der Waals surface area contributed by atoms with Crippen molar-refractivity contribution < 1.29 is 14.6 Å². The van der Waals surface area contributed by atoms with Gasteiger partial charge in [-0.3, -0.25) is 0 Å². The molecule has 0 fully saturated rings. The lowest BCUT2D eigenvalue weighted by molar-refractivity contribution is 0.174. The van der Waals surface area contributed by atoms with Gasteiger partial charge in [0.1, 0.15) is 0 Å². The van der Waals surface area contributed by atoms with Gasteiger partial charge in [-0.05, 0) is 44.6 Å². The lowest BCUT2D eigenvalue weighted by Gasteiger charge is -2.24. The molecule has 0 spiro atoms. The van der Waals surface area contributed by atoms with Crippen LogP contribution in [0, 0.1) is 0 Å². The normalized spacial score (nSPS) is 15.3. The van der Waals surface area contributed by atoms with E-state index in [1.807, 2.05) is 26.2 Å². The van der Waals surface area contributed by atoms with Gasteiger partial charge in [-0.2, -0.15) is 0 Å². The van der Waals surface area contributed by atoms with E-state index in [0.717, 1.165) is 24.3 Å². The quantitative estimate of drug-likeness (QED) is 0.847. The zero-order valence-corrected chi connectivity index (χ0v) is 10.3. The highest BCUT2D eigenvalue weighted by Gasteiger charge is 2.18. The van der Waals surface area contributed by atoms with Gasteiger partial charge >= 0.3 is 0 Å². The van der Waals surface area contributed by atoms with E-state index in [1.165, 1.54) is 5.56 Å². The molecule has 1 aromatic rings. The molecule has 17 heavy (non-hydrogen) atoms. The fourth-order valence-corrected chi connectivity index (χ4v) is 2.13. The number of hydrogen-bond acceptors (Lipinski definition) is 4. The number of aliphatic hydroxyl groups is 1. The molecule has 0 radical (unpaired) electrons. The van der Waals surface area contributed by atoms with E-state index in [1.54, 1.807) is 0 Å². The van der Waals surface area contributed by atoms with Crippen LogP contribution in [-0.4, -0.2) is 37.5 Å². The molecule has 1 heterocycles. The van der Waals surface area contributed by atoms with Crippen molar-refractivity contribution in [2.75, 3.05) is 27.5 Å². The first-order valence-corrected chi connectivity index (χ1v) is 5.89. The van der Waals surface area contributed by atoms with Crippen molar-refractivity contribution in [2.24, 2.45) is 0 Å². The van der Waals surface area contributed by atoms with Crippen molar-refractivity contribution in [3.63, 3.8) is 0 Å². The molecule has 1 unspecified atom stereocenters. The van der Waals surface area contributed by atoms with Gasteiger partial charge in [0.05, 0.1) is 0 Å². The zero-order chi connectivity index (χ0) is 12.3. The van der Waals surface area contributed by atoms with Crippen LogP contribution in [0.1, 0.15) is 24.4 Å². The Bertz CT molecular complexity index is 379. The molecule has 2 rings (SSSR count). The Hall–Kier alpha value is -1.26. The van der Waals surface area contributed by atoms with Gasteiger partial charge in [-0.1, -0.05) is 6.07 Å². The first kappa shape index (κ1) is 12.2. The molecule has 94 valence electrons. The highest BCUT2D eigenvalue weighted by Crippen LogP contribution is 2.36. The highest BCUT2D eigenvalue weighted by atomic mass is 16.7. The van der Waals surface area contributed by atoms with E-state index >= 15 is 0 Å². The molecule has 0 saturated heterocycles. The van der Waals surface area contributed by atoms with Crippen molar-refractivity contribution in [1.82, 2.24) is 4.90 Å². The second kappa shape index (κ2) is 5.38. The van der Waals surface area contributed by atoms with Crippen molar-refractivity contribution in [3.05, 3.63) is 23.8 Å². The van der Waals surface area contributed by atoms with Crippen LogP contribution in [0.2, 0.25) is 0 Å². The van der Waals surface area contributed by atoms with Crippen LogP contribution < -0.4 is 9.47 Å². The van der Waals surface area contributed by atoms with Crippen LogP contribution in [0.4, 0.5) is 0 Å². The van der Waals surface area contributed by atoms with E-state index in [2.05, 4.69) is 11.0 Å². The first-order chi connectivity index (χ1) is 8.22. The Morgan fingerprint density at radius 2 is 2.06 bits per heavy atom. The summed E-state index contributed by atoms with van der Waals surface area (Å²) in [7, 11) is 4.10. The average molecular weight is 237 g/mol. The number of aliphatic hydroxyl groups excluding tert-OH is 1. The summed E-state index contributed by atoms with van der Waals surface area (Å²) >= 11 is 0. The van der Waals surface area contributed by atoms with Gasteiger partial charge in [0, 0.05) is 12.6 Å². The Balaban J connectivity index is 2.17. The van der Waals surface area contributed by atoms with E-state index in [9.17, 15) is 0 Å². The van der Waals surface area contributed by atoms with Crippen LogP contribution in [0.3, 0.4) is 0 Å². The summed E-state index contributed by atoms with van der Waals surface area (Å²) in [6, 6.07) is 6.35. The Morgan fingerprint density at radius 1 is 1.29 bits per heavy atom. The smallest absolute Gasteiger partial charge is 0.231 e. The lowest BCUT2D eigenvalue weighted by atomic mass is 10.0. The zero-order valence-electron chi connectivity index (χ0n) is 10.3. The summed E-state index contributed by atoms with van der Waals surface area (Å²) in [5, 5.41) is 8.94. The van der Waals surface area contributed by atoms with Crippen molar-refractivity contribution in [3.8, 4) is 11.5 Å². The fraction of sp³-hybridized carbons (Fsp3) is 0.538. The molecule has 1 atom stereocenters. The fourth-order valence-electron chi connectivity index (χ4n) is 2.13. The maximum Gasteiger partial charge on any atom is 0.231 e. The van der Waals surface area contributed by atoms with Crippen LogP contribution in [0.25, 0.3) is 0 Å². The minimum atomic E-state index is 0.231. The van der Waals surface area contributed by atoms with E-state index in [4.69, 9.17) is 14.6 Å². The number of rotatable bonds is 5. The molecule has 1 N–H and O–H groups in total. The van der Waals surface area contributed by atoms with Gasteiger partial charge in [0.25, 0.3) is 0 Å². The molecule has 4 nitrogen and oxygen atoms in total. The minimum Gasteiger partial charge on any atom is -0.454 e. The van der Waals surface area contributed by atoms with E-state index in [-0.39, 0.29) is 6.61 Å². The minimum absolute atomic E-state index is 0.231. The van der Waals surface area contributed by atoms with Gasteiger partial charge in [-0.15, -0.1) is 0 Å². The van der Waals surface area contributed by atoms with Crippen molar-refractivity contribution >= 4 is 0 Å². The maximum absolute atomic E-state index is 8.94. The summed E-state index contributed by atoms with van der Waals surface area (Å²) in [6.45, 7) is 0.539. The van der Waals surface area contributed by atoms with E-state index in [0.29, 0.717) is 12.8 Å². The molecule has 0 aliphatic carbocycles. The van der Waals surface area contributed by atoms with Crippen molar-refractivity contribution in [1.29, 1.82) is 0 Å². The molecule has 1 aliphatic heterocycles. The molecule has 0 saturated carbocycles. The predicted molar refractivity (Wildman–Crippen MR) is 65.3 cm³/mol. The van der Waals surface area contributed by atoms with Crippen LogP contribution >= 0.6 is 0 Å². The van der Waals surface area contributed by atoms with Crippen LogP contribution in [-0.2, 0) is 0 Å². The Labute approximate surface area is 102 Å². The monoisotopic (exact) mass is 237 g/mol. The first-order valence-electron chi connectivity index (χ1n) is 5.89. The molecule has 0 amide bonds. The van der Waals surface area contributed by atoms with Gasteiger partial charge in [0.2, 0.25) is 6.79 Å². The third kappa shape index (κ3) is 2.70. The summed E-state index contributed by atoms with van der Waals surface area (Å²) in [5.41, 5.74) is 1.20. The second-order valence-electron chi connectivity index (χ2n) is 4.46. The molecular formula is C13H19NO3. The standard InChI is InChI=1S/C13H19NO3/c1-14(2)11(4-3-7-15)10-5-6-12-13(8-10)17-9-16-12/h5-6,8,11,15H,3-4,7,9H2,1-2H3. The Morgan fingerprint density at radius 3 is 2.76 bits per heavy atom. The van der Waals surface area contributed by atoms with Gasteiger partial charge in [0.15, 0.2) is 11.5 Å². The number of ether oxygens (including phenoxy) is 2. The maximum atomic E-state index is 8.94. The van der Waals surface area contributed by atoms with E-state index < -0.39 is 0 Å². The van der Waals surface area contributed by atoms with Gasteiger partial charge < -0.3 is 19.5 Å². The largest absolute Gasteiger partial charge is 0.454 e. The summed E-state index contributed by atoms with van der Waals surface area (Å²) < 4.78 is 10.7.